The molecule has 0 bridgehead atoms. The van der Waals surface area contributed by atoms with Gasteiger partial charge in [0, 0.05) is 36.4 Å². The average molecular weight is 609 g/mol. The molecule has 1 heterocycles. The van der Waals surface area contributed by atoms with E-state index < -0.39 is 28.2 Å². The van der Waals surface area contributed by atoms with Crippen LogP contribution in [0.15, 0.2) is 60.7 Å². The van der Waals surface area contributed by atoms with E-state index in [4.69, 9.17) is 9.47 Å². The van der Waals surface area contributed by atoms with E-state index in [1.807, 2.05) is 45.0 Å². The van der Waals surface area contributed by atoms with Gasteiger partial charge in [-0.2, -0.15) is 0 Å². The number of thiol groups is 1. The number of ether oxygens (including phenoxy) is 2. The summed E-state index contributed by atoms with van der Waals surface area (Å²) in [5, 5.41) is 5.16. The molecule has 0 spiro atoms. The van der Waals surface area contributed by atoms with E-state index in [0.717, 1.165) is 11.3 Å². The number of amides is 4. The molecule has 0 saturated carbocycles. The Hall–Kier alpha value is -4.58. The third-order valence-corrected chi connectivity index (χ3v) is 7.91. The van der Waals surface area contributed by atoms with Crippen molar-refractivity contribution in [2.24, 2.45) is 0 Å². The lowest BCUT2D eigenvalue weighted by atomic mass is 9.84. The summed E-state index contributed by atoms with van der Waals surface area (Å²) in [6.45, 7) is 6.33. The molecule has 1 saturated heterocycles. The Kier molecular flexibility index (Phi) is 9.59. The number of benzene rings is 3. The Morgan fingerprint density at radius 2 is 1.67 bits per heavy atom. The van der Waals surface area contributed by atoms with Crippen molar-refractivity contribution in [2.45, 2.75) is 39.0 Å². The van der Waals surface area contributed by atoms with Crippen LogP contribution in [0.2, 0.25) is 0 Å². The minimum absolute atomic E-state index is 0.141. The topological polar surface area (TPSA) is 134 Å². The second-order valence-corrected chi connectivity index (χ2v) is 12.0. The maximum Gasteiger partial charge on any atom is 0.328 e. The highest BCUT2D eigenvalue weighted by molar-refractivity contribution is 7.74. The van der Waals surface area contributed by atoms with Crippen molar-refractivity contribution in [2.75, 3.05) is 41.8 Å². The normalized spacial score (nSPS) is 13.5. The molecule has 4 rings (SSSR count). The van der Waals surface area contributed by atoms with E-state index in [9.17, 15) is 22.8 Å². The standard InChI is InChI=1S/C31H36N4O7S/c1-31(2,3)26-19-23(34-16-15-27(36)33-30(34)38)18-25(28(26)42-5)29(37)32-21-8-10-22(11-9-21)35(43(39)40)17-14-20-6-12-24(41-4)13-7-20/h6-13,18-19,43H,14-17H2,1-5H3,(H,32,37)(H,33,36,38). The predicted octanol–water partition coefficient (Wildman–Crippen LogP) is 4.28. The zero-order chi connectivity index (χ0) is 31.3. The lowest BCUT2D eigenvalue weighted by molar-refractivity contribution is -0.120. The Bertz CT molecular complexity index is 1570. The van der Waals surface area contributed by atoms with E-state index in [1.165, 1.54) is 16.3 Å². The number of nitrogens with one attached hydrogen (secondary N) is 2. The van der Waals surface area contributed by atoms with Crippen LogP contribution < -0.4 is 29.3 Å². The third kappa shape index (κ3) is 7.44. The highest BCUT2D eigenvalue weighted by Gasteiger charge is 2.30. The molecular weight excluding hydrogens is 572 g/mol. The van der Waals surface area contributed by atoms with E-state index in [0.29, 0.717) is 34.8 Å². The van der Waals surface area contributed by atoms with Gasteiger partial charge in [0.15, 0.2) is 0 Å². The minimum Gasteiger partial charge on any atom is -0.497 e. The quantitative estimate of drug-likeness (QED) is 0.293. The van der Waals surface area contributed by atoms with Crippen molar-refractivity contribution in [1.29, 1.82) is 0 Å². The molecule has 0 unspecified atom stereocenters. The van der Waals surface area contributed by atoms with E-state index in [2.05, 4.69) is 10.6 Å². The van der Waals surface area contributed by atoms with Gasteiger partial charge in [-0.25, -0.2) is 13.2 Å². The van der Waals surface area contributed by atoms with Crippen LogP contribution in [0, 0.1) is 0 Å². The first-order valence-corrected chi connectivity index (χ1v) is 14.8. The number of imide groups is 1. The number of urea groups is 1. The SMILES string of the molecule is COc1ccc(CCN(c2ccc(NC(=O)c3cc(N4CCC(=O)NC4=O)cc(C(C)(C)C)c3OC)cc2)[SH](=O)=O)cc1. The van der Waals surface area contributed by atoms with Crippen LogP contribution in [0.4, 0.5) is 21.9 Å². The van der Waals surface area contributed by atoms with Gasteiger partial charge in [-0.1, -0.05) is 32.9 Å². The van der Waals surface area contributed by atoms with Crippen LogP contribution in [-0.4, -0.2) is 53.6 Å². The van der Waals surface area contributed by atoms with Crippen molar-refractivity contribution in [3.05, 3.63) is 77.4 Å². The number of nitrogens with zero attached hydrogens (tertiary/aromatic N) is 2. The van der Waals surface area contributed by atoms with Gasteiger partial charge in [0.1, 0.15) is 11.5 Å². The lowest BCUT2D eigenvalue weighted by Gasteiger charge is -2.30. The van der Waals surface area contributed by atoms with Crippen LogP contribution in [0.5, 0.6) is 11.5 Å². The molecular formula is C31H36N4O7S. The zero-order valence-electron chi connectivity index (χ0n) is 24.8. The van der Waals surface area contributed by atoms with Crippen LogP contribution >= 0.6 is 0 Å². The Balaban J connectivity index is 1.57. The molecule has 43 heavy (non-hydrogen) atoms. The van der Waals surface area contributed by atoms with Gasteiger partial charge in [0.05, 0.1) is 25.5 Å². The highest BCUT2D eigenvalue weighted by atomic mass is 32.2. The van der Waals surface area contributed by atoms with E-state index >= 15 is 0 Å². The average Bonchev–Trinajstić information content (AvgIpc) is 2.97. The fourth-order valence-electron chi connectivity index (χ4n) is 4.77. The predicted molar refractivity (Wildman–Crippen MR) is 166 cm³/mol. The second kappa shape index (κ2) is 13.2. The molecule has 228 valence electrons. The van der Waals surface area contributed by atoms with Crippen LogP contribution in [-0.2, 0) is 27.5 Å². The fraction of sp³-hybridized carbons (Fsp3) is 0.323. The maximum atomic E-state index is 13.6. The molecule has 3 aromatic rings. The summed E-state index contributed by atoms with van der Waals surface area (Å²) >= 11 is 0. The van der Waals surface area contributed by atoms with E-state index in [1.54, 1.807) is 43.5 Å². The van der Waals surface area contributed by atoms with Crippen molar-refractivity contribution >= 4 is 45.8 Å². The number of carbonyl (C=O) groups excluding carboxylic acids is 3. The van der Waals surface area contributed by atoms with Crippen molar-refractivity contribution < 1.29 is 32.3 Å². The first-order chi connectivity index (χ1) is 20.4. The maximum absolute atomic E-state index is 13.6. The summed E-state index contributed by atoms with van der Waals surface area (Å²) in [6.07, 6.45) is 0.643. The number of methoxy groups -OCH3 is 2. The van der Waals surface area contributed by atoms with Gasteiger partial charge < -0.3 is 14.8 Å². The summed E-state index contributed by atoms with van der Waals surface area (Å²) in [4.78, 5) is 39.3. The van der Waals surface area contributed by atoms with Crippen molar-refractivity contribution in [1.82, 2.24) is 5.32 Å². The molecule has 3 aromatic carbocycles. The van der Waals surface area contributed by atoms with Gasteiger partial charge >= 0.3 is 6.03 Å². The molecule has 1 fully saturated rings. The molecule has 0 radical (unpaired) electrons. The summed E-state index contributed by atoms with van der Waals surface area (Å²) in [6, 6.07) is 16.7. The first-order valence-electron chi connectivity index (χ1n) is 13.7. The number of hydrogen-bond acceptors (Lipinski definition) is 7. The number of carbonyl (C=O) groups is 3. The summed E-state index contributed by atoms with van der Waals surface area (Å²) in [7, 11) is 0.163. The molecule has 4 amide bonds. The second-order valence-electron chi connectivity index (χ2n) is 11.0. The van der Waals surface area contributed by atoms with Gasteiger partial charge in [0.2, 0.25) is 16.8 Å². The zero-order valence-corrected chi connectivity index (χ0v) is 25.7. The molecule has 0 atom stereocenters. The monoisotopic (exact) mass is 608 g/mol. The molecule has 2 N–H and O–H groups in total. The summed E-state index contributed by atoms with van der Waals surface area (Å²) < 4.78 is 36.3. The molecule has 1 aliphatic heterocycles. The van der Waals surface area contributed by atoms with Gasteiger partial charge in [-0.3, -0.25) is 24.1 Å². The first kappa shape index (κ1) is 31.4. The third-order valence-electron chi connectivity index (χ3n) is 7.09. The molecule has 1 aliphatic rings. The fourth-order valence-corrected chi connectivity index (χ4v) is 5.36. The Labute approximate surface area is 252 Å². The molecule has 0 aromatic heterocycles. The minimum atomic E-state index is -2.90. The molecule has 12 heteroatoms. The van der Waals surface area contributed by atoms with Crippen LogP contribution in [0.1, 0.15) is 48.7 Å². The lowest BCUT2D eigenvalue weighted by Crippen LogP contribution is -2.49. The van der Waals surface area contributed by atoms with Crippen molar-refractivity contribution in [3.8, 4) is 11.5 Å². The largest absolute Gasteiger partial charge is 0.497 e. The molecule has 11 nitrogen and oxygen atoms in total. The summed E-state index contributed by atoms with van der Waals surface area (Å²) in [5.41, 5.74) is 2.81. The number of rotatable bonds is 10. The van der Waals surface area contributed by atoms with Gasteiger partial charge in [-0.05, 0) is 65.9 Å². The van der Waals surface area contributed by atoms with E-state index in [-0.39, 0.29) is 31.0 Å². The summed E-state index contributed by atoms with van der Waals surface area (Å²) in [5.74, 6) is 0.261. The van der Waals surface area contributed by atoms with Gasteiger partial charge in [0.25, 0.3) is 5.91 Å². The van der Waals surface area contributed by atoms with Crippen molar-refractivity contribution in [3.63, 3.8) is 0 Å². The highest BCUT2D eigenvalue weighted by Crippen LogP contribution is 2.38. The number of hydrogen-bond donors (Lipinski definition) is 3. The van der Waals surface area contributed by atoms with Crippen LogP contribution in [0.25, 0.3) is 0 Å². The van der Waals surface area contributed by atoms with Gasteiger partial charge in [-0.15, -0.1) is 0 Å². The smallest absolute Gasteiger partial charge is 0.328 e. The Morgan fingerprint density at radius 1 is 1.00 bits per heavy atom. The number of anilines is 3. The Morgan fingerprint density at radius 3 is 2.23 bits per heavy atom. The van der Waals surface area contributed by atoms with Crippen LogP contribution in [0.3, 0.4) is 0 Å². The molecule has 0 aliphatic carbocycles.